The molecule has 2 aliphatic rings. The van der Waals surface area contributed by atoms with Gasteiger partial charge in [-0.3, -0.25) is 0 Å². The predicted octanol–water partition coefficient (Wildman–Crippen LogP) is 2.27. The van der Waals surface area contributed by atoms with E-state index < -0.39 is 0 Å². The van der Waals surface area contributed by atoms with E-state index in [9.17, 15) is 0 Å². The maximum Gasteiger partial charge on any atom is 0.226 e. The fourth-order valence-corrected chi connectivity index (χ4v) is 2.91. The second-order valence-corrected chi connectivity index (χ2v) is 5.46. The highest BCUT2D eigenvalue weighted by Gasteiger charge is 2.30. The van der Waals surface area contributed by atoms with Crippen molar-refractivity contribution in [3.8, 4) is 0 Å². The highest BCUT2D eigenvalue weighted by molar-refractivity contribution is 5.04. The molecule has 0 spiro atoms. The minimum atomic E-state index is 0.596. The van der Waals surface area contributed by atoms with Crippen LogP contribution in [0.3, 0.4) is 0 Å². The summed E-state index contributed by atoms with van der Waals surface area (Å²) in [5.41, 5.74) is 0. The molecular weight excluding hydrogens is 214 g/mol. The number of rotatable bonds is 4. The molecule has 17 heavy (non-hydrogen) atoms. The highest BCUT2D eigenvalue weighted by Crippen LogP contribution is 2.38. The van der Waals surface area contributed by atoms with Gasteiger partial charge in [0.25, 0.3) is 0 Å². The van der Waals surface area contributed by atoms with Crippen molar-refractivity contribution >= 4 is 0 Å². The summed E-state index contributed by atoms with van der Waals surface area (Å²) in [6.45, 7) is 0. The Labute approximate surface area is 102 Å². The molecule has 3 rings (SSSR count). The molecule has 2 fully saturated rings. The molecule has 1 aromatic heterocycles. The van der Waals surface area contributed by atoms with Gasteiger partial charge in [-0.2, -0.15) is 4.98 Å². The number of aromatic nitrogens is 2. The average molecular weight is 235 g/mol. The van der Waals surface area contributed by atoms with E-state index in [1.54, 1.807) is 0 Å². The van der Waals surface area contributed by atoms with Gasteiger partial charge < -0.3 is 9.84 Å². The fraction of sp³-hybridized carbons (Fsp3) is 0.846. The molecule has 0 saturated heterocycles. The van der Waals surface area contributed by atoms with Gasteiger partial charge in [-0.05, 0) is 38.6 Å². The van der Waals surface area contributed by atoms with Crippen molar-refractivity contribution in [1.82, 2.24) is 15.5 Å². The lowest BCUT2D eigenvalue weighted by molar-refractivity contribution is 0.248. The van der Waals surface area contributed by atoms with Crippen LogP contribution in [0.5, 0.6) is 0 Å². The van der Waals surface area contributed by atoms with Crippen LogP contribution in [0, 0.1) is 5.92 Å². The van der Waals surface area contributed by atoms with Gasteiger partial charge in [0.05, 0.1) is 0 Å². The molecule has 4 nitrogen and oxygen atoms in total. The van der Waals surface area contributed by atoms with Gasteiger partial charge in [0.2, 0.25) is 5.89 Å². The highest BCUT2D eigenvalue weighted by atomic mass is 16.5. The first-order valence-electron chi connectivity index (χ1n) is 6.86. The Morgan fingerprint density at radius 3 is 2.82 bits per heavy atom. The molecule has 2 unspecified atom stereocenters. The van der Waals surface area contributed by atoms with Crippen LogP contribution in [0.25, 0.3) is 0 Å². The third kappa shape index (κ3) is 2.51. The van der Waals surface area contributed by atoms with Crippen LogP contribution < -0.4 is 5.32 Å². The number of hydrogen-bond acceptors (Lipinski definition) is 4. The van der Waals surface area contributed by atoms with Gasteiger partial charge in [-0.25, -0.2) is 0 Å². The maximum absolute atomic E-state index is 5.37. The van der Waals surface area contributed by atoms with E-state index in [1.165, 1.54) is 38.5 Å². The minimum Gasteiger partial charge on any atom is -0.339 e. The predicted molar refractivity (Wildman–Crippen MR) is 64.8 cm³/mol. The molecular formula is C13H21N3O. The number of nitrogens with one attached hydrogen (secondary N) is 1. The van der Waals surface area contributed by atoms with Crippen molar-refractivity contribution in [2.24, 2.45) is 5.92 Å². The zero-order valence-corrected chi connectivity index (χ0v) is 10.5. The molecule has 4 heteroatoms. The zero-order valence-electron chi connectivity index (χ0n) is 10.5. The summed E-state index contributed by atoms with van der Waals surface area (Å²) >= 11 is 0. The minimum absolute atomic E-state index is 0.596. The van der Waals surface area contributed by atoms with Gasteiger partial charge in [0.1, 0.15) is 0 Å². The first-order chi connectivity index (χ1) is 8.36. The largest absolute Gasteiger partial charge is 0.339 e. The number of hydrogen-bond donors (Lipinski definition) is 1. The van der Waals surface area contributed by atoms with Crippen LogP contribution in [-0.4, -0.2) is 23.2 Å². The molecule has 0 aromatic carbocycles. The molecule has 0 aliphatic heterocycles. The molecule has 0 amide bonds. The summed E-state index contributed by atoms with van der Waals surface area (Å²) in [7, 11) is 2.06. The van der Waals surface area contributed by atoms with Gasteiger partial charge >= 0.3 is 0 Å². The summed E-state index contributed by atoms with van der Waals surface area (Å²) in [6, 6.07) is 0.625. The first kappa shape index (κ1) is 11.2. The zero-order chi connectivity index (χ0) is 11.7. The summed E-state index contributed by atoms with van der Waals surface area (Å²) in [4.78, 5) is 4.53. The molecule has 2 aliphatic carbocycles. The molecule has 0 bridgehead atoms. The molecule has 0 radical (unpaired) electrons. The van der Waals surface area contributed by atoms with Crippen molar-refractivity contribution < 1.29 is 4.52 Å². The van der Waals surface area contributed by atoms with E-state index in [-0.39, 0.29) is 0 Å². The topological polar surface area (TPSA) is 51.0 Å². The Kier molecular flexibility index (Phi) is 3.14. The standard InChI is InChI=1S/C13H21N3O/c1-14-11-5-3-2-4-10(11)8-12-15-13(16-17-12)9-6-7-9/h9-11,14H,2-8H2,1H3. The lowest BCUT2D eigenvalue weighted by atomic mass is 9.82. The lowest BCUT2D eigenvalue weighted by Crippen LogP contribution is -2.37. The Balaban J connectivity index is 1.63. The summed E-state index contributed by atoms with van der Waals surface area (Å²) in [6.07, 6.45) is 8.68. The van der Waals surface area contributed by atoms with Crippen molar-refractivity contribution in [1.29, 1.82) is 0 Å². The second-order valence-electron chi connectivity index (χ2n) is 5.46. The van der Waals surface area contributed by atoms with Gasteiger partial charge in [0, 0.05) is 18.4 Å². The second kappa shape index (κ2) is 4.77. The Bertz CT molecular complexity index is 372. The Hall–Kier alpha value is -0.900. The molecule has 2 atom stereocenters. The molecule has 1 heterocycles. The maximum atomic E-state index is 5.37. The Morgan fingerprint density at radius 1 is 1.24 bits per heavy atom. The third-order valence-electron chi connectivity index (χ3n) is 4.14. The molecule has 94 valence electrons. The SMILES string of the molecule is CNC1CCCCC1Cc1nc(C2CC2)no1. The smallest absolute Gasteiger partial charge is 0.226 e. The van der Waals surface area contributed by atoms with Crippen molar-refractivity contribution in [3.63, 3.8) is 0 Å². The van der Waals surface area contributed by atoms with Crippen LogP contribution in [0.2, 0.25) is 0 Å². The molecule has 2 saturated carbocycles. The average Bonchev–Trinajstić information content (AvgIpc) is 3.11. The summed E-state index contributed by atoms with van der Waals surface area (Å²) in [5, 5.41) is 7.51. The van der Waals surface area contributed by atoms with Crippen molar-refractivity contribution in [3.05, 3.63) is 11.7 Å². The fourth-order valence-electron chi connectivity index (χ4n) is 2.91. The van der Waals surface area contributed by atoms with E-state index in [4.69, 9.17) is 4.52 Å². The van der Waals surface area contributed by atoms with E-state index in [2.05, 4.69) is 22.5 Å². The van der Waals surface area contributed by atoms with Gasteiger partial charge in [0.15, 0.2) is 5.82 Å². The summed E-state index contributed by atoms with van der Waals surface area (Å²) in [5.74, 6) is 3.05. The van der Waals surface area contributed by atoms with E-state index in [0.29, 0.717) is 17.9 Å². The third-order valence-corrected chi connectivity index (χ3v) is 4.14. The van der Waals surface area contributed by atoms with E-state index >= 15 is 0 Å². The first-order valence-corrected chi connectivity index (χ1v) is 6.86. The van der Waals surface area contributed by atoms with Crippen LogP contribution >= 0.6 is 0 Å². The molecule has 1 aromatic rings. The van der Waals surface area contributed by atoms with E-state index in [0.717, 1.165) is 18.1 Å². The van der Waals surface area contributed by atoms with E-state index in [1.807, 2.05) is 0 Å². The van der Waals surface area contributed by atoms with Crippen LogP contribution in [0.1, 0.15) is 56.2 Å². The van der Waals surface area contributed by atoms with Crippen LogP contribution in [0.15, 0.2) is 4.52 Å². The quantitative estimate of drug-likeness (QED) is 0.869. The number of nitrogens with zero attached hydrogens (tertiary/aromatic N) is 2. The van der Waals surface area contributed by atoms with Crippen molar-refractivity contribution in [2.75, 3.05) is 7.05 Å². The van der Waals surface area contributed by atoms with Crippen LogP contribution in [-0.2, 0) is 6.42 Å². The Morgan fingerprint density at radius 2 is 2.06 bits per heavy atom. The van der Waals surface area contributed by atoms with Gasteiger partial charge in [-0.15, -0.1) is 0 Å². The lowest BCUT2D eigenvalue weighted by Gasteiger charge is -2.30. The normalized spacial score (nSPS) is 29.5. The molecule has 1 N–H and O–H groups in total. The monoisotopic (exact) mass is 235 g/mol. The summed E-state index contributed by atoms with van der Waals surface area (Å²) < 4.78 is 5.37. The van der Waals surface area contributed by atoms with Crippen molar-refractivity contribution in [2.45, 2.75) is 56.9 Å². The van der Waals surface area contributed by atoms with Gasteiger partial charge in [-0.1, -0.05) is 18.0 Å². The van der Waals surface area contributed by atoms with Crippen LogP contribution in [0.4, 0.5) is 0 Å².